The Morgan fingerprint density at radius 1 is 1.56 bits per heavy atom. The van der Waals surface area contributed by atoms with Crippen LogP contribution in [0.3, 0.4) is 0 Å². The van der Waals surface area contributed by atoms with E-state index in [1.807, 2.05) is 38.2 Å². The predicted molar refractivity (Wildman–Crippen MR) is 39.4 cm³/mol. The van der Waals surface area contributed by atoms with Crippen LogP contribution in [-0.4, -0.2) is 18.6 Å². The molecule has 0 heterocycles. The van der Waals surface area contributed by atoms with E-state index in [4.69, 9.17) is 0 Å². The molecule has 0 fully saturated rings. The van der Waals surface area contributed by atoms with Crippen LogP contribution in [0.4, 0.5) is 0 Å². The zero-order valence-corrected chi connectivity index (χ0v) is 6.31. The van der Waals surface area contributed by atoms with Crippen molar-refractivity contribution >= 4 is 0 Å². The molecular weight excluding hydrogens is 114 g/mol. The largest absolute Gasteiger partial charge is 0.306 e. The van der Waals surface area contributed by atoms with E-state index in [0.29, 0.717) is 0 Å². The van der Waals surface area contributed by atoms with E-state index in [-0.39, 0.29) is 0 Å². The summed E-state index contributed by atoms with van der Waals surface area (Å²) in [6.07, 6.45) is 3.90. The Hall–Kier alpha value is -0.540. The molecule has 0 rings (SSSR count). The Morgan fingerprint density at radius 2 is 2.22 bits per heavy atom. The Balaban J connectivity index is 3.15. The maximum Gasteiger partial charge on any atom is 0.0238 e. The van der Waals surface area contributed by atoms with Gasteiger partial charge in [0.15, 0.2) is 0 Å². The summed E-state index contributed by atoms with van der Waals surface area (Å²) in [4.78, 5) is 0. The normalized spacial score (nSPS) is 10.6. The first kappa shape index (κ1) is 8.46. The fourth-order valence-electron chi connectivity index (χ4n) is 0.465. The van der Waals surface area contributed by atoms with Crippen LogP contribution >= 0.6 is 0 Å². The summed E-state index contributed by atoms with van der Waals surface area (Å²) in [7, 11) is 1.93. The van der Waals surface area contributed by atoms with Crippen molar-refractivity contribution in [2.45, 2.75) is 13.8 Å². The molecule has 54 valence electrons. The molecule has 2 N–H and O–H groups in total. The molecular formula is C6H15N3. The van der Waals surface area contributed by atoms with Crippen molar-refractivity contribution < 1.29 is 0 Å². The lowest BCUT2D eigenvalue weighted by molar-refractivity contribution is 0.272. The van der Waals surface area contributed by atoms with E-state index < -0.39 is 0 Å². The van der Waals surface area contributed by atoms with Crippen molar-refractivity contribution in [3.05, 3.63) is 12.3 Å². The number of nitrogens with one attached hydrogen (secondary N) is 2. The molecule has 3 heteroatoms. The van der Waals surface area contributed by atoms with Crippen LogP contribution < -0.4 is 11.0 Å². The monoisotopic (exact) mass is 129 g/mol. The molecule has 3 nitrogen and oxygen atoms in total. The summed E-state index contributed by atoms with van der Waals surface area (Å²) in [6.45, 7) is 4.93. The van der Waals surface area contributed by atoms with Gasteiger partial charge in [-0.15, -0.1) is 0 Å². The molecule has 0 aliphatic carbocycles. The fourth-order valence-corrected chi connectivity index (χ4v) is 0.465. The van der Waals surface area contributed by atoms with Gasteiger partial charge in [0.05, 0.1) is 0 Å². The van der Waals surface area contributed by atoms with Gasteiger partial charge in [0.25, 0.3) is 0 Å². The van der Waals surface area contributed by atoms with E-state index in [9.17, 15) is 0 Å². The quantitative estimate of drug-likeness (QED) is 0.541. The van der Waals surface area contributed by atoms with Crippen molar-refractivity contribution in [2.24, 2.45) is 0 Å². The number of hydrazine groups is 2. The Kier molecular flexibility index (Phi) is 5.26. The molecule has 0 saturated heterocycles. The predicted octanol–water partition coefficient (Wildman–Crippen LogP) is 0.481. The van der Waals surface area contributed by atoms with Crippen molar-refractivity contribution in [1.29, 1.82) is 0 Å². The highest BCUT2D eigenvalue weighted by Gasteiger charge is 1.81. The first-order valence-corrected chi connectivity index (χ1v) is 3.15. The second-order valence-corrected chi connectivity index (χ2v) is 1.74. The molecule has 0 saturated carbocycles. The maximum atomic E-state index is 2.96. The lowest BCUT2D eigenvalue weighted by atomic mass is 10.7. The summed E-state index contributed by atoms with van der Waals surface area (Å²) in [6, 6.07) is 0. The minimum Gasteiger partial charge on any atom is -0.306 e. The third-order valence-electron chi connectivity index (χ3n) is 0.805. The summed E-state index contributed by atoms with van der Waals surface area (Å²) in [5, 5.41) is 1.85. The first-order chi connectivity index (χ1) is 4.31. The van der Waals surface area contributed by atoms with Gasteiger partial charge in [-0.25, -0.2) is 5.43 Å². The van der Waals surface area contributed by atoms with Gasteiger partial charge in [0.2, 0.25) is 0 Å². The van der Waals surface area contributed by atoms with Gasteiger partial charge < -0.3 is 5.01 Å². The number of hydrogen-bond donors (Lipinski definition) is 2. The molecule has 0 aromatic carbocycles. The van der Waals surface area contributed by atoms with Crippen molar-refractivity contribution in [3.8, 4) is 0 Å². The molecule has 0 atom stereocenters. The van der Waals surface area contributed by atoms with E-state index in [2.05, 4.69) is 11.0 Å². The highest BCUT2D eigenvalue weighted by molar-refractivity contribution is 4.72. The van der Waals surface area contributed by atoms with Crippen LogP contribution in [0, 0.1) is 0 Å². The third kappa shape index (κ3) is 5.33. The number of nitrogens with zero attached hydrogens (tertiary/aromatic N) is 1. The minimum absolute atomic E-state index is 0.919. The summed E-state index contributed by atoms with van der Waals surface area (Å²) in [5.74, 6) is 0. The van der Waals surface area contributed by atoms with E-state index in [1.165, 1.54) is 0 Å². The highest BCUT2D eigenvalue weighted by Crippen LogP contribution is 1.72. The molecule has 9 heavy (non-hydrogen) atoms. The Bertz CT molecular complexity index is 80.4. The summed E-state index contributed by atoms with van der Waals surface area (Å²) < 4.78 is 0. The number of hydrogen-bond acceptors (Lipinski definition) is 3. The van der Waals surface area contributed by atoms with Gasteiger partial charge in [0, 0.05) is 19.8 Å². The molecule has 0 radical (unpaired) electrons. The van der Waals surface area contributed by atoms with Crippen LogP contribution in [-0.2, 0) is 0 Å². The van der Waals surface area contributed by atoms with Crippen LogP contribution in [0.2, 0.25) is 0 Å². The maximum absolute atomic E-state index is 2.96. The molecule has 0 aromatic rings. The standard InChI is InChI=1S/C6H15N3/c1-4-6-9(3)8-7-5-2/h4,6-8H,5H2,1-3H3. The molecule has 0 amide bonds. The molecule has 0 aliphatic heterocycles. The zero-order chi connectivity index (χ0) is 7.11. The first-order valence-electron chi connectivity index (χ1n) is 3.15. The van der Waals surface area contributed by atoms with Gasteiger partial charge in [0.1, 0.15) is 0 Å². The van der Waals surface area contributed by atoms with Crippen LogP contribution in [0.25, 0.3) is 0 Å². The van der Waals surface area contributed by atoms with Gasteiger partial charge in [-0.2, -0.15) is 5.53 Å². The van der Waals surface area contributed by atoms with Gasteiger partial charge in [-0.1, -0.05) is 13.0 Å². The lowest BCUT2D eigenvalue weighted by Crippen LogP contribution is -2.41. The van der Waals surface area contributed by atoms with Crippen LogP contribution in [0.5, 0.6) is 0 Å². The topological polar surface area (TPSA) is 27.3 Å². The average molecular weight is 129 g/mol. The smallest absolute Gasteiger partial charge is 0.0238 e. The number of allylic oxidation sites excluding steroid dienone is 1. The van der Waals surface area contributed by atoms with Gasteiger partial charge >= 0.3 is 0 Å². The van der Waals surface area contributed by atoms with Crippen molar-refractivity contribution in [2.75, 3.05) is 13.6 Å². The Morgan fingerprint density at radius 3 is 2.67 bits per heavy atom. The van der Waals surface area contributed by atoms with Crippen LogP contribution in [0.15, 0.2) is 12.3 Å². The molecule has 0 unspecified atom stereocenters. The molecule has 0 spiro atoms. The molecule has 0 aliphatic rings. The highest BCUT2D eigenvalue weighted by atomic mass is 15.7. The van der Waals surface area contributed by atoms with Crippen LogP contribution in [0.1, 0.15) is 13.8 Å². The van der Waals surface area contributed by atoms with Crippen molar-refractivity contribution in [1.82, 2.24) is 16.0 Å². The fraction of sp³-hybridized carbons (Fsp3) is 0.667. The SMILES string of the molecule is CC=CN(C)NNCC. The third-order valence-corrected chi connectivity index (χ3v) is 0.805. The second-order valence-electron chi connectivity index (χ2n) is 1.74. The minimum atomic E-state index is 0.919. The zero-order valence-electron chi connectivity index (χ0n) is 6.31. The molecule has 0 aromatic heterocycles. The Labute approximate surface area is 56.7 Å². The summed E-state index contributed by atoms with van der Waals surface area (Å²) >= 11 is 0. The average Bonchev–Trinajstić information content (AvgIpc) is 1.85. The summed E-state index contributed by atoms with van der Waals surface area (Å²) in [5.41, 5.74) is 5.89. The van der Waals surface area contributed by atoms with E-state index in [0.717, 1.165) is 6.54 Å². The second kappa shape index (κ2) is 5.59. The van der Waals surface area contributed by atoms with Gasteiger partial charge in [-0.3, -0.25) is 0 Å². The van der Waals surface area contributed by atoms with E-state index in [1.54, 1.807) is 0 Å². The lowest BCUT2D eigenvalue weighted by Gasteiger charge is -2.14. The molecule has 0 bridgehead atoms. The van der Waals surface area contributed by atoms with Gasteiger partial charge in [-0.05, 0) is 6.92 Å². The number of rotatable bonds is 4. The van der Waals surface area contributed by atoms with Crippen molar-refractivity contribution in [3.63, 3.8) is 0 Å². The van der Waals surface area contributed by atoms with E-state index >= 15 is 0 Å².